The predicted octanol–water partition coefficient (Wildman–Crippen LogP) is 3.27. The van der Waals surface area contributed by atoms with E-state index >= 15 is 0 Å². The van der Waals surface area contributed by atoms with E-state index in [0.717, 1.165) is 25.1 Å². The summed E-state index contributed by atoms with van der Waals surface area (Å²) in [5.74, 6) is -0.171. The summed E-state index contributed by atoms with van der Waals surface area (Å²) in [5, 5.41) is 3.24. The maximum absolute atomic E-state index is 14.0. The van der Waals surface area contributed by atoms with Crippen molar-refractivity contribution in [2.45, 2.75) is 32.9 Å². The minimum Gasteiger partial charge on any atom is -0.334 e. The average molecular weight is 279 g/mol. The molecule has 108 valence electrons. The molecular formula is C15H19F2N3. The zero-order valence-corrected chi connectivity index (χ0v) is 11.7. The molecular weight excluding hydrogens is 260 g/mol. The highest BCUT2D eigenvalue weighted by molar-refractivity contribution is 5.27. The van der Waals surface area contributed by atoms with E-state index < -0.39 is 17.7 Å². The molecule has 0 fully saturated rings. The van der Waals surface area contributed by atoms with Crippen LogP contribution in [0.1, 0.15) is 37.7 Å². The third kappa shape index (κ3) is 3.04. The monoisotopic (exact) mass is 279 g/mol. The molecule has 1 aromatic carbocycles. The van der Waals surface area contributed by atoms with Crippen molar-refractivity contribution in [1.29, 1.82) is 0 Å². The Morgan fingerprint density at radius 1 is 1.30 bits per heavy atom. The van der Waals surface area contributed by atoms with Crippen molar-refractivity contribution in [3.63, 3.8) is 0 Å². The summed E-state index contributed by atoms with van der Waals surface area (Å²) < 4.78 is 29.4. The molecule has 0 radical (unpaired) electrons. The number of aromatic nitrogens is 2. The van der Waals surface area contributed by atoms with E-state index in [0.29, 0.717) is 17.9 Å². The highest BCUT2D eigenvalue weighted by Crippen LogP contribution is 2.24. The van der Waals surface area contributed by atoms with Gasteiger partial charge in [-0.3, -0.25) is 0 Å². The van der Waals surface area contributed by atoms with Gasteiger partial charge in [0.25, 0.3) is 0 Å². The number of hydrogen-bond donors (Lipinski definition) is 1. The van der Waals surface area contributed by atoms with Gasteiger partial charge < -0.3 is 9.88 Å². The summed E-state index contributed by atoms with van der Waals surface area (Å²) in [4.78, 5) is 4.30. The Kier molecular flexibility index (Phi) is 4.84. The number of halogens is 2. The average Bonchev–Trinajstić information content (AvgIpc) is 2.91. The molecule has 0 aliphatic rings. The maximum atomic E-state index is 14.0. The molecule has 1 N–H and O–H groups in total. The Morgan fingerprint density at radius 3 is 2.80 bits per heavy atom. The second kappa shape index (κ2) is 6.61. The lowest BCUT2D eigenvalue weighted by Crippen LogP contribution is -2.27. The third-order valence-corrected chi connectivity index (χ3v) is 3.21. The van der Waals surface area contributed by atoms with Gasteiger partial charge in [-0.1, -0.05) is 6.92 Å². The summed E-state index contributed by atoms with van der Waals surface area (Å²) in [6, 6.07) is 3.07. The summed E-state index contributed by atoms with van der Waals surface area (Å²) in [6.07, 6.45) is 4.42. The number of hydrogen-bond acceptors (Lipinski definition) is 2. The molecule has 5 heteroatoms. The van der Waals surface area contributed by atoms with Gasteiger partial charge in [0.15, 0.2) is 0 Å². The number of benzene rings is 1. The van der Waals surface area contributed by atoms with Gasteiger partial charge in [0, 0.05) is 24.5 Å². The lowest BCUT2D eigenvalue weighted by atomic mass is 10.0. The molecule has 2 aromatic rings. The molecule has 0 amide bonds. The minimum atomic E-state index is -0.445. The predicted molar refractivity (Wildman–Crippen MR) is 74.4 cm³/mol. The van der Waals surface area contributed by atoms with E-state index in [1.807, 2.05) is 24.6 Å². The Labute approximate surface area is 117 Å². The topological polar surface area (TPSA) is 29.9 Å². The van der Waals surface area contributed by atoms with Crippen LogP contribution in [0.4, 0.5) is 8.78 Å². The largest absolute Gasteiger partial charge is 0.334 e. The van der Waals surface area contributed by atoms with E-state index in [1.54, 1.807) is 6.20 Å². The van der Waals surface area contributed by atoms with Gasteiger partial charge in [0.05, 0.1) is 6.04 Å². The second-order valence-electron chi connectivity index (χ2n) is 4.62. The van der Waals surface area contributed by atoms with Crippen LogP contribution in [-0.4, -0.2) is 16.1 Å². The quantitative estimate of drug-likeness (QED) is 0.879. The summed E-state index contributed by atoms with van der Waals surface area (Å²) in [5.41, 5.74) is 0.291. The van der Waals surface area contributed by atoms with Crippen molar-refractivity contribution < 1.29 is 8.78 Å². The van der Waals surface area contributed by atoms with Crippen LogP contribution in [0.5, 0.6) is 0 Å². The van der Waals surface area contributed by atoms with Gasteiger partial charge >= 0.3 is 0 Å². The van der Waals surface area contributed by atoms with Gasteiger partial charge in [-0.2, -0.15) is 0 Å². The minimum absolute atomic E-state index is 0.291. The first-order valence-electron chi connectivity index (χ1n) is 6.86. The summed E-state index contributed by atoms with van der Waals surface area (Å²) in [7, 11) is 0. The van der Waals surface area contributed by atoms with E-state index in [1.165, 1.54) is 6.07 Å². The molecule has 1 aromatic heterocycles. The van der Waals surface area contributed by atoms with Crippen LogP contribution >= 0.6 is 0 Å². The van der Waals surface area contributed by atoms with Gasteiger partial charge in [0.2, 0.25) is 0 Å². The van der Waals surface area contributed by atoms with E-state index in [4.69, 9.17) is 0 Å². The smallest absolute Gasteiger partial charge is 0.130 e. The fraction of sp³-hybridized carbons (Fsp3) is 0.400. The Hall–Kier alpha value is -1.75. The van der Waals surface area contributed by atoms with Gasteiger partial charge in [-0.15, -0.1) is 0 Å². The molecule has 0 bridgehead atoms. The molecule has 0 aliphatic heterocycles. The first kappa shape index (κ1) is 14.7. The number of rotatable bonds is 6. The zero-order chi connectivity index (χ0) is 14.5. The lowest BCUT2D eigenvalue weighted by molar-refractivity contribution is 0.504. The fourth-order valence-electron chi connectivity index (χ4n) is 2.21. The Bertz CT molecular complexity index is 566. The summed E-state index contributed by atoms with van der Waals surface area (Å²) in [6.45, 7) is 5.45. The van der Waals surface area contributed by atoms with Crippen LogP contribution in [0, 0.1) is 11.6 Å². The second-order valence-corrected chi connectivity index (χ2v) is 4.62. The fourth-order valence-corrected chi connectivity index (χ4v) is 2.21. The highest BCUT2D eigenvalue weighted by atomic mass is 19.1. The lowest BCUT2D eigenvalue weighted by Gasteiger charge is -2.20. The van der Waals surface area contributed by atoms with Crippen molar-refractivity contribution in [2.24, 2.45) is 0 Å². The van der Waals surface area contributed by atoms with Crippen LogP contribution in [0.2, 0.25) is 0 Å². The Morgan fingerprint density at radius 2 is 2.10 bits per heavy atom. The van der Waals surface area contributed by atoms with Crippen molar-refractivity contribution in [3.8, 4) is 0 Å². The van der Waals surface area contributed by atoms with Gasteiger partial charge in [0.1, 0.15) is 17.5 Å². The van der Waals surface area contributed by atoms with Crippen LogP contribution in [-0.2, 0) is 6.54 Å². The van der Waals surface area contributed by atoms with Gasteiger partial charge in [-0.25, -0.2) is 13.8 Å². The number of nitrogens with one attached hydrogen (secondary N) is 1. The molecule has 3 nitrogen and oxygen atoms in total. The number of imidazole rings is 1. The molecule has 0 saturated carbocycles. The van der Waals surface area contributed by atoms with Crippen molar-refractivity contribution in [3.05, 3.63) is 53.6 Å². The first-order chi connectivity index (χ1) is 9.67. The molecule has 0 saturated heterocycles. The number of nitrogens with zero attached hydrogens (tertiary/aromatic N) is 2. The molecule has 1 heterocycles. The molecule has 1 unspecified atom stereocenters. The first-order valence-corrected chi connectivity index (χ1v) is 6.86. The van der Waals surface area contributed by atoms with E-state index in [9.17, 15) is 8.78 Å². The summed E-state index contributed by atoms with van der Waals surface area (Å²) >= 11 is 0. The highest BCUT2D eigenvalue weighted by Gasteiger charge is 2.22. The van der Waals surface area contributed by atoms with Crippen molar-refractivity contribution >= 4 is 0 Å². The van der Waals surface area contributed by atoms with Crippen LogP contribution in [0.3, 0.4) is 0 Å². The standard InChI is InChI=1S/C15H19F2N3/c1-3-7-18-14(15-19-8-9-20(15)4-2)12-10-11(16)5-6-13(12)17/h5-6,8-10,14,18H,3-4,7H2,1-2H3. The zero-order valence-electron chi connectivity index (χ0n) is 11.7. The van der Waals surface area contributed by atoms with E-state index in [2.05, 4.69) is 10.3 Å². The maximum Gasteiger partial charge on any atom is 0.130 e. The Balaban J connectivity index is 2.44. The van der Waals surface area contributed by atoms with Gasteiger partial charge in [-0.05, 0) is 38.1 Å². The van der Waals surface area contributed by atoms with Crippen molar-refractivity contribution in [2.75, 3.05) is 6.54 Å². The number of aryl methyl sites for hydroxylation is 1. The van der Waals surface area contributed by atoms with Crippen LogP contribution in [0.25, 0.3) is 0 Å². The molecule has 1 atom stereocenters. The SMILES string of the molecule is CCCNC(c1cc(F)ccc1F)c1nccn1CC. The van der Waals surface area contributed by atoms with Crippen molar-refractivity contribution in [1.82, 2.24) is 14.9 Å². The molecule has 0 aliphatic carbocycles. The van der Waals surface area contributed by atoms with Crippen LogP contribution < -0.4 is 5.32 Å². The third-order valence-electron chi connectivity index (χ3n) is 3.21. The molecule has 20 heavy (non-hydrogen) atoms. The molecule has 2 rings (SSSR count). The molecule has 0 spiro atoms. The normalized spacial score (nSPS) is 12.6. The van der Waals surface area contributed by atoms with Crippen LogP contribution in [0.15, 0.2) is 30.6 Å². The van der Waals surface area contributed by atoms with E-state index in [-0.39, 0.29) is 0 Å².